The summed E-state index contributed by atoms with van der Waals surface area (Å²) in [6.45, 7) is 4.07. The number of hydrazone groups is 1. The summed E-state index contributed by atoms with van der Waals surface area (Å²) in [5.41, 5.74) is 5.12. The minimum Gasteiger partial charge on any atom is -0.453 e. The Bertz CT molecular complexity index is 967. The van der Waals surface area contributed by atoms with Gasteiger partial charge in [-0.2, -0.15) is 5.10 Å². The summed E-state index contributed by atoms with van der Waals surface area (Å²) >= 11 is 1.49. The molecule has 0 fully saturated rings. The Kier molecular flexibility index (Phi) is 4.54. The highest BCUT2D eigenvalue weighted by Gasteiger charge is 2.16. The predicted molar refractivity (Wildman–Crippen MR) is 109 cm³/mol. The van der Waals surface area contributed by atoms with Crippen molar-refractivity contribution in [1.82, 2.24) is 4.83 Å². The first-order chi connectivity index (χ1) is 12.7. The number of ether oxygens (including phenoxy) is 1. The first kappa shape index (κ1) is 16.5. The normalized spacial score (nSPS) is 12.5. The summed E-state index contributed by atoms with van der Waals surface area (Å²) < 4.78 is 5.94. The van der Waals surface area contributed by atoms with Crippen molar-refractivity contribution in [3.05, 3.63) is 77.9 Å². The fourth-order valence-corrected chi connectivity index (χ4v) is 3.24. The van der Waals surface area contributed by atoms with Crippen LogP contribution in [0.15, 0.2) is 76.7 Å². The maximum absolute atomic E-state index is 5.94. The van der Waals surface area contributed by atoms with Crippen LogP contribution in [0.4, 0.5) is 11.4 Å². The standard InChI is InChI=1S/C21H19N3OS/c1-14-7-10-17(11-8-14)26-24-23-15(2)16-9-12-21-19(13-16)22-18-5-3-4-6-20(18)25-21/h3-13,22,24H,1-2H3/b23-15+. The summed E-state index contributed by atoms with van der Waals surface area (Å²) in [4.78, 5) is 4.20. The van der Waals surface area contributed by atoms with E-state index in [1.54, 1.807) is 0 Å². The Morgan fingerprint density at radius 3 is 2.58 bits per heavy atom. The second-order valence-electron chi connectivity index (χ2n) is 6.14. The van der Waals surface area contributed by atoms with Gasteiger partial charge in [-0.15, -0.1) is 0 Å². The summed E-state index contributed by atoms with van der Waals surface area (Å²) in [6.07, 6.45) is 0. The van der Waals surface area contributed by atoms with E-state index in [0.29, 0.717) is 0 Å². The summed E-state index contributed by atoms with van der Waals surface area (Å²) in [5.74, 6) is 1.66. The fourth-order valence-electron chi connectivity index (χ4n) is 2.68. The molecule has 2 N–H and O–H groups in total. The molecule has 26 heavy (non-hydrogen) atoms. The van der Waals surface area contributed by atoms with Crippen LogP contribution in [0, 0.1) is 6.92 Å². The molecule has 3 aromatic rings. The van der Waals surface area contributed by atoms with Gasteiger partial charge in [-0.25, -0.2) is 4.83 Å². The van der Waals surface area contributed by atoms with Crippen LogP contribution in [-0.2, 0) is 0 Å². The van der Waals surface area contributed by atoms with Crippen molar-refractivity contribution in [2.75, 3.05) is 5.32 Å². The van der Waals surface area contributed by atoms with Crippen molar-refractivity contribution in [2.24, 2.45) is 5.10 Å². The second kappa shape index (κ2) is 7.14. The Morgan fingerprint density at radius 2 is 1.73 bits per heavy atom. The van der Waals surface area contributed by atoms with Crippen LogP contribution in [0.25, 0.3) is 0 Å². The summed E-state index contributed by atoms with van der Waals surface area (Å²) in [5, 5.41) is 7.88. The largest absolute Gasteiger partial charge is 0.453 e. The van der Waals surface area contributed by atoms with Gasteiger partial charge in [0.2, 0.25) is 0 Å². The van der Waals surface area contributed by atoms with Crippen molar-refractivity contribution in [3.8, 4) is 11.5 Å². The SMILES string of the molecule is C/C(=N\NSc1ccc(C)cc1)c1ccc2c(c1)Nc1ccccc1O2. The number of anilines is 2. The average molecular weight is 361 g/mol. The Morgan fingerprint density at radius 1 is 0.962 bits per heavy atom. The first-order valence-electron chi connectivity index (χ1n) is 8.40. The van der Waals surface area contributed by atoms with Gasteiger partial charge in [-0.1, -0.05) is 29.8 Å². The molecular weight excluding hydrogens is 342 g/mol. The van der Waals surface area contributed by atoms with Crippen LogP contribution < -0.4 is 14.9 Å². The molecule has 0 saturated carbocycles. The molecule has 130 valence electrons. The van der Waals surface area contributed by atoms with E-state index in [2.05, 4.69) is 52.5 Å². The summed E-state index contributed by atoms with van der Waals surface area (Å²) in [7, 11) is 0. The third-order valence-electron chi connectivity index (χ3n) is 4.17. The molecule has 0 aliphatic carbocycles. The average Bonchev–Trinajstić information content (AvgIpc) is 2.67. The van der Waals surface area contributed by atoms with E-state index in [4.69, 9.17) is 4.74 Å². The van der Waals surface area contributed by atoms with Crippen LogP contribution in [-0.4, -0.2) is 5.71 Å². The lowest BCUT2D eigenvalue weighted by Crippen LogP contribution is -2.06. The van der Waals surface area contributed by atoms with Gasteiger partial charge in [-0.3, -0.25) is 0 Å². The van der Waals surface area contributed by atoms with Gasteiger partial charge in [0.1, 0.15) is 0 Å². The third-order valence-corrected chi connectivity index (χ3v) is 4.86. The Hall–Kier alpha value is -2.92. The molecule has 1 aliphatic heterocycles. The number of hydrogen-bond donors (Lipinski definition) is 2. The number of nitrogens with zero attached hydrogens (tertiary/aromatic N) is 1. The van der Waals surface area contributed by atoms with Crippen molar-refractivity contribution in [2.45, 2.75) is 18.7 Å². The second-order valence-corrected chi connectivity index (χ2v) is 7.00. The van der Waals surface area contributed by atoms with Crippen LogP contribution in [0.2, 0.25) is 0 Å². The maximum Gasteiger partial charge on any atom is 0.151 e. The maximum atomic E-state index is 5.94. The lowest BCUT2D eigenvalue weighted by Gasteiger charge is -2.22. The third kappa shape index (κ3) is 3.53. The lowest BCUT2D eigenvalue weighted by molar-refractivity contribution is 0.481. The molecule has 1 aliphatic rings. The number of rotatable bonds is 4. The zero-order valence-corrected chi connectivity index (χ0v) is 15.4. The summed E-state index contributed by atoms with van der Waals surface area (Å²) in [6, 6.07) is 22.3. The van der Waals surface area contributed by atoms with E-state index in [1.807, 2.05) is 43.3 Å². The van der Waals surface area contributed by atoms with Crippen LogP contribution >= 0.6 is 11.9 Å². The van der Waals surface area contributed by atoms with Gasteiger partial charge in [-0.05, 0) is 61.9 Å². The van der Waals surface area contributed by atoms with Gasteiger partial charge in [0, 0.05) is 16.8 Å². The Balaban J connectivity index is 1.47. The number of nitrogens with one attached hydrogen (secondary N) is 2. The van der Waals surface area contributed by atoms with E-state index in [9.17, 15) is 0 Å². The molecule has 4 nitrogen and oxygen atoms in total. The van der Waals surface area contributed by atoms with Crippen LogP contribution in [0.5, 0.6) is 11.5 Å². The molecule has 1 heterocycles. The van der Waals surface area contributed by atoms with E-state index in [0.717, 1.165) is 39.0 Å². The molecule has 0 aromatic heterocycles. The van der Waals surface area contributed by atoms with Gasteiger partial charge < -0.3 is 10.1 Å². The molecule has 0 unspecified atom stereocenters. The molecule has 0 saturated heterocycles. The highest BCUT2D eigenvalue weighted by atomic mass is 32.2. The lowest BCUT2D eigenvalue weighted by atomic mass is 10.1. The first-order valence-corrected chi connectivity index (χ1v) is 9.22. The number of para-hydroxylation sites is 2. The van der Waals surface area contributed by atoms with Crippen LogP contribution in [0.3, 0.4) is 0 Å². The molecule has 5 heteroatoms. The van der Waals surface area contributed by atoms with Crippen LogP contribution in [0.1, 0.15) is 18.1 Å². The van der Waals surface area contributed by atoms with Crippen molar-refractivity contribution in [3.63, 3.8) is 0 Å². The number of hydrogen-bond acceptors (Lipinski definition) is 5. The van der Waals surface area contributed by atoms with Gasteiger partial charge in [0.25, 0.3) is 0 Å². The number of fused-ring (bicyclic) bond motifs is 2. The topological polar surface area (TPSA) is 45.7 Å². The highest BCUT2D eigenvalue weighted by Crippen LogP contribution is 2.41. The number of aryl methyl sites for hydroxylation is 1. The molecule has 0 spiro atoms. The fraction of sp³-hybridized carbons (Fsp3) is 0.0952. The molecule has 0 radical (unpaired) electrons. The number of benzene rings is 3. The highest BCUT2D eigenvalue weighted by molar-refractivity contribution is 7.97. The van der Waals surface area contributed by atoms with E-state index >= 15 is 0 Å². The van der Waals surface area contributed by atoms with Crippen molar-refractivity contribution in [1.29, 1.82) is 0 Å². The molecule has 0 atom stereocenters. The minimum atomic E-state index is 0.822. The van der Waals surface area contributed by atoms with Gasteiger partial charge >= 0.3 is 0 Å². The predicted octanol–water partition coefficient (Wildman–Crippen LogP) is 5.87. The van der Waals surface area contributed by atoms with E-state index < -0.39 is 0 Å². The van der Waals surface area contributed by atoms with Gasteiger partial charge in [0.15, 0.2) is 11.5 Å². The van der Waals surface area contributed by atoms with Crippen molar-refractivity contribution < 1.29 is 4.74 Å². The van der Waals surface area contributed by atoms with E-state index in [-0.39, 0.29) is 0 Å². The molecule has 0 amide bonds. The molecule has 4 rings (SSSR count). The van der Waals surface area contributed by atoms with Crippen molar-refractivity contribution >= 4 is 29.0 Å². The van der Waals surface area contributed by atoms with E-state index in [1.165, 1.54) is 17.5 Å². The zero-order chi connectivity index (χ0) is 17.9. The Labute approximate surface area is 157 Å². The monoisotopic (exact) mass is 361 g/mol. The smallest absolute Gasteiger partial charge is 0.151 e. The van der Waals surface area contributed by atoms with Gasteiger partial charge in [0.05, 0.1) is 17.1 Å². The molecular formula is C21H19N3OS. The molecule has 3 aromatic carbocycles. The zero-order valence-electron chi connectivity index (χ0n) is 14.6. The minimum absolute atomic E-state index is 0.822. The molecule has 0 bridgehead atoms. The quantitative estimate of drug-likeness (QED) is 0.271.